The number of carboxylic acid groups (broad SMARTS) is 1. The van der Waals surface area contributed by atoms with E-state index in [0.717, 1.165) is 4.68 Å². The lowest BCUT2D eigenvalue weighted by Crippen LogP contribution is -2.21. The number of halogens is 2. The summed E-state index contributed by atoms with van der Waals surface area (Å²) < 4.78 is 2.34. The first kappa shape index (κ1) is 12.7. The van der Waals surface area contributed by atoms with Crippen LogP contribution in [0.1, 0.15) is 10.4 Å². The van der Waals surface area contributed by atoms with Crippen LogP contribution in [0.5, 0.6) is 0 Å². The molecule has 0 fully saturated rings. The molecule has 0 atom stereocenters. The predicted molar refractivity (Wildman–Crippen MR) is 65.8 cm³/mol. The first-order chi connectivity index (χ1) is 8.41. The van der Waals surface area contributed by atoms with Gasteiger partial charge in [-0.25, -0.2) is 18.8 Å². The summed E-state index contributed by atoms with van der Waals surface area (Å²) in [5.74, 6) is -1.23. The van der Waals surface area contributed by atoms with Crippen LogP contribution in [0.4, 0.5) is 0 Å². The number of hydrogen-bond donors (Lipinski definition) is 1. The Balaban J connectivity index is 2.66. The van der Waals surface area contributed by atoms with Gasteiger partial charge in [-0.2, -0.15) is 5.10 Å². The number of aromatic carboxylic acids is 1. The van der Waals surface area contributed by atoms with Gasteiger partial charge in [0, 0.05) is 7.05 Å². The highest BCUT2D eigenvalue weighted by atomic mass is 35.5. The van der Waals surface area contributed by atoms with E-state index in [0.29, 0.717) is 5.69 Å². The Morgan fingerprint density at radius 1 is 1.33 bits per heavy atom. The third kappa shape index (κ3) is 2.00. The molecule has 2 aromatic rings. The number of nitrogens with zero attached hydrogens (tertiary/aromatic N) is 3. The van der Waals surface area contributed by atoms with E-state index >= 15 is 0 Å². The van der Waals surface area contributed by atoms with Gasteiger partial charge in [-0.15, -0.1) is 0 Å². The molecule has 1 N–H and O–H groups in total. The van der Waals surface area contributed by atoms with Crippen LogP contribution in [0, 0.1) is 0 Å². The second-order valence-corrected chi connectivity index (χ2v) is 4.31. The molecule has 0 radical (unpaired) electrons. The van der Waals surface area contributed by atoms with Crippen molar-refractivity contribution < 1.29 is 9.90 Å². The van der Waals surface area contributed by atoms with E-state index < -0.39 is 5.97 Å². The molecular weight excluding hydrogens is 281 g/mol. The molecule has 2 rings (SSSR count). The van der Waals surface area contributed by atoms with Gasteiger partial charge in [0.2, 0.25) is 0 Å². The van der Waals surface area contributed by atoms with Crippen molar-refractivity contribution in [3.8, 4) is 5.69 Å². The first-order valence-electron chi connectivity index (χ1n) is 4.75. The smallest absolute Gasteiger partial charge is 0.350 e. The van der Waals surface area contributed by atoms with Crippen molar-refractivity contribution in [1.82, 2.24) is 14.3 Å². The molecule has 1 aromatic heterocycles. The minimum Gasteiger partial charge on any atom is -0.478 e. The van der Waals surface area contributed by atoms with Gasteiger partial charge in [-0.1, -0.05) is 23.2 Å². The summed E-state index contributed by atoms with van der Waals surface area (Å²) in [5.41, 5.74) is -0.225. The Labute approximate surface area is 111 Å². The summed E-state index contributed by atoms with van der Waals surface area (Å²) in [6, 6.07) is 2.69. The zero-order valence-corrected chi connectivity index (χ0v) is 10.6. The van der Waals surface area contributed by atoms with Crippen molar-refractivity contribution in [1.29, 1.82) is 0 Å². The Morgan fingerprint density at radius 2 is 1.89 bits per heavy atom. The van der Waals surface area contributed by atoms with Crippen molar-refractivity contribution in [2.24, 2.45) is 7.05 Å². The molecule has 0 spiro atoms. The van der Waals surface area contributed by atoms with Crippen LogP contribution in [0.3, 0.4) is 0 Å². The molecule has 8 heteroatoms. The molecule has 6 nitrogen and oxygen atoms in total. The second kappa shape index (κ2) is 4.47. The fourth-order valence-corrected chi connectivity index (χ4v) is 2.10. The number of carboxylic acids is 1. The number of aryl methyl sites for hydroxylation is 1. The summed E-state index contributed by atoms with van der Waals surface area (Å²) in [5, 5.41) is 12.6. The highest BCUT2D eigenvalue weighted by Gasteiger charge is 2.16. The molecule has 0 amide bonds. The van der Waals surface area contributed by atoms with Crippen molar-refractivity contribution in [2.75, 3.05) is 0 Å². The van der Waals surface area contributed by atoms with E-state index in [4.69, 9.17) is 28.3 Å². The molecular formula is C10H7Cl2N3O3. The van der Waals surface area contributed by atoms with Crippen LogP contribution in [-0.4, -0.2) is 25.4 Å². The summed E-state index contributed by atoms with van der Waals surface area (Å²) in [6.45, 7) is 0. The van der Waals surface area contributed by atoms with Gasteiger partial charge >= 0.3 is 11.7 Å². The van der Waals surface area contributed by atoms with E-state index in [-0.39, 0.29) is 21.3 Å². The molecule has 18 heavy (non-hydrogen) atoms. The van der Waals surface area contributed by atoms with E-state index in [1.807, 2.05) is 0 Å². The molecule has 1 heterocycles. The fourth-order valence-electron chi connectivity index (χ4n) is 1.46. The normalized spacial score (nSPS) is 10.6. The SMILES string of the molecule is Cn1ncn(-c2cc(Cl)c(C(=O)O)c(Cl)c2)c1=O. The lowest BCUT2D eigenvalue weighted by molar-refractivity contribution is 0.0697. The third-order valence-corrected chi connectivity index (χ3v) is 2.94. The summed E-state index contributed by atoms with van der Waals surface area (Å²) in [6.07, 6.45) is 1.30. The molecule has 0 saturated heterocycles. The lowest BCUT2D eigenvalue weighted by atomic mass is 10.2. The number of hydrogen-bond acceptors (Lipinski definition) is 3. The maximum atomic E-state index is 11.7. The molecule has 0 aliphatic heterocycles. The first-order valence-corrected chi connectivity index (χ1v) is 5.50. The zero-order valence-electron chi connectivity index (χ0n) is 9.09. The Hall–Kier alpha value is -1.79. The van der Waals surface area contributed by atoms with Gasteiger partial charge in [0.05, 0.1) is 21.3 Å². The van der Waals surface area contributed by atoms with Crippen LogP contribution in [0.2, 0.25) is 10.0 Å². The fraction of sp³-hybridized carbons (Fsp3) is 0.100. The van der Waals surface area contributed by atoms with Gasteiger partial charge in [0.1, 0.15) is 6.33 Å². The highest BCUT2D eigenvalue weighted by molar-refractivity contribution is 6.39. The highest BCUT2D eigenvalue weighted by Crippen LogP contribution is 2.27. The van der Waals surface area contributed by atoms with Crippen LogP contribution in [-0.2, 0) is 7.05 Å². The van der Waals surface area contributed by atoms with Gasteiger partial charge in [-0.3, -0.25) is 0 Å². The van der Waals surface area contributed by atoms with E-state index in [1.165, 1.54) is 30.1 Å². The van der Waals surface area contributed by atoms with Crippen molar-refractivity contribution in [3.05, 3.63) is 44.6 Å². The second-order valence-electron chi connectivity index (χ2n) is 3.50. The molecule has 0 aliphatic rings. The van der Waals surface area contributed by atoms with Gasteiger partial charge < -0.3 is 5.11 Å². The largest absolute Gasteiger partial charge is 0.478 e. The predicted octanol–water partition coefficient (Wildman–Crippen LogP) is 1.58. The number of rotatable bonds is 2. The van der Waals surface area contributed by atoms with Crippen LogP contribution >= 0.6 is 23.2 Å². The van der Waals surface area contributed by atoms with Crippen LogP contribution < -0.4 is 5.69 Å². The zero-order chi connectivity index (χ0) is 13.4. The van der Waals surface area contributed by atoms with Gasteiger partial charge in [0.15, 0.2) is 0 Å². The van der Waals surface area contributed by atoms with Crippen molar-refractivity contribution in [2.45, 2.75) is 0 Å². The van der Waals surface area contributed by atoms with E-state index in [2.05, 4.69) is 5.10 Å². The van der Waals surface area contributed by atoms with Crippen LogP contribution in [0.15, 0.2) is 23.3 Å². The van der Waals surface area contributed by atoms with Crippen LogP contribution in [0.25, 0.3) is 5.69 Å². The molecule has 0 aliphatic carbocycles. The molecule has 0 saturated carbocycles. The lowest BCUT2D eigenvalue weighted by Gasteiger charge is -2.06. The Bertz CT molecular complexity index is 667. The minimum atomic E-state index is -1.23. The monoisotopic (exact) mass is 287 g/mol. The summed E-state index contributed by atoms with van der Waals surface area (Å²) >= 11 is 11.7. The maximum Gasteiger partial charge on any atom is 0.350 e. The number of benzene rings is 1. The number of aromatic nitrogens is 3. The molecule has 0 unspecified atom stereocenters. The van der Waals surface area contributed by atoms with E-state index in [1.54, 1.807) is 0 Å². The molecule has 1 aromatic carbocycles. The average Bonchev–Trinajstić information content (AvgIpc) is 2.58. The quantitative estimate of drug-likeness (QED) is 0.910. The summed E-state index contributed by atoms with van der Waals surface area (Å²) in [7, 11) is 1.49. The number of carbonyl (C=O) groups is 1. The standard InChI is InChI=1S/C10H7Cl2N3O3/c1-14-10(18)15(4-13-14)5-2-6(11)8(9(16)17)7(12)3-5/h2-4H,1H3,(H,16,17). The maximum absolute atomic E-state index is 11.7. The van der Waals surface area contributed by atoms with E-state index in [9.17, 15) is 9.59 Å². The minimum absolute atomic E-state index is 0.0410. The van der Waals surface area contributed by atoms with Gasteiger partial charge in [-0.05, 0) is 12.1 Å². The molecule has 0 bridgehead atoms. The topological polar surface area (TPSA) is 77.1 Å². The average molecular weight is 288 g/mol. The third-order valence-electron chi connectivity index (χ3n) is 2.34. The van der Waals surface area contributed by atoms with Crippen molar-refractivity contribution >= 4 is 29.2 Å². The van der Waals surface area contributed by atoms with Crippen molar-refractivity contribution in [3.63, 3.8) is 0 Å². The Kier molecular flexibility index (Phi) is 3.14. The molecule has 94 valence electrons. The summed E-state index contributed by atoms with van der Waals surface area (Å²) in [4.78, 5) is 22.6. The Morgan fingerprint density at radius 3 is 2.28 bits per heavy atom. The van der Waals surface area contributed by atoms with Gasteiger partial charge in [0.25, 0.3) is 0 Å².